The van der Waals surface area contributed by atoms with Gasteiger partial charge in [0.05, 0.1) is 23.0 Å². The fourth-order valence-corrected chi connectivity index (χ4v) is 6.96. The molecule has 1 aliphatic heterocycles. The molecule has 4 rings (SSSR count). The van der Waals surface area contributed by atoms with Crippen molar-refractivity contribution in [2.45, 2.75) is 43.9 Å². The number of rotatable bonds is 6. The Morgan fingerprint density at radius 1 is 1.26 bits per heavy atom. The molecular formula is C22H28N4O3S2. The number of thiophene rings is 1. The zero-order valence-electron chi connectivity index (χ0n) is 18.0. The molecule has 0 bridgehead atoms. The Hall–Kier alpha value is -2.23. The third-order valence-corrected chi connectivity index (χ3v) is 9.06. The summed E-state index contributed by atoms with van der Waals surface area (Å²) in [4.78, 5) is 22.1. The number of aromatic amines is 1. The average molecular weight is 461 g/mol. The number of nitrogens with zero attached hydrogens (tertiary/aromatic N) is 2. The minimum Gasteiger partial charge on any atom is -0.346 e. The molecular weight excluding hydrogens is 432 g/mol. The lowest BCUT2D eigenvalue weighted by atomic mass is 9.96. The van der Waals surface area contributed by atoms with Crippen LogP contribution in [0.25, 0.3) is 11.0 Å². The van der Waals surface area contributed by atoms with Crippen LogP contribution in [-0.4, -0.2) is 41.7 Å². The van der Waals surface area contributed by atoms with Gasteiger partial charge < -0.3 is 10.3 Å². The van der Waals surface area contributed by atoms with E-state index in [1.807, 2.05) is 51.1 Å². The number of carbonyl (C=O) groups is 1. The van der Waals surface area contributed by atoms with E-state index in [0.29, 0.717) is 23.6 Å². The molecule has 1 aromatic carbocycles. The van der Waals surface area contributed by atoms with Gasteiger partial charge in [-0.1, -0.05) is 26.0 Å². The summed E-state index contributed by atoms with van der Waals surface area (Å²) in [6.45, 7) is 6.61. The van der Waals surface area contributed by atoms with Crippen molar-refractivity contribution in [3.63, 3.8) is 0 Å². The standard InChI is InChI=1S/C22H28N4O3S2/c1-14(2)20(21-23-17-8-4-5-9-18(17)24-21)25-22(27)16-7-6-12-26(13-16)31(28,29)19-11-10-15(3)30-19/h4-5,8-11,14,16,20H,6-7,12-13H2,1-3H3,(H,23,24)(H,25,27). The monoisotopic (exact) mass is 460 g/mol. The third kappa shape index (κ3) is 4.53. The molecule has 7 nitrogen and oxygen atoms in total. The molecule has 0 saturated carbocycles. The highest BCUT2D eigenvalue weighted by molar-refractivity contribution is 7.91. The van der Waals surface area contributed by atoms with Crippen LogP contribution in [-0.2, 0) is 14.8 Å². The molecule has 2 N–H and O–H groups in total. The minimum absolute atomic E-state index is 0.124. The lowest BCUT2D eigenvalue weighted by molar-refractivity contribution is -0.127. The second-order valence-corrected chi connectivity index (χ2v) is 11.9. The van der Waals surface area contributed by atoms with E-state index >= 15 is 0 Å². The van der Waals surface area contributed by atoms with Crippen LogP contribution in [0.4, 0.5) is 0 Å². The van der Waals surface area contributed by atoms with Gasteiger partial charge in [0.1, 0.15) is 10.0 Å². The number of fused-ring (bicyclic) bond motifs is 1. The first-order valence-electron chi connectivity index (χ1n) is 10.6. The molecule has 2 atom stereocenters. The van der Waals surface area contributed by atoms with Crippen LogP contribution >= 0.6 is 11.3 Å². The number of amides is 1. The number of carbonyl (C=O) groups excluding carboxylic acids is 1. The smallest absolute Gasteiger partial charge is 0.252 e. The van der Waals surface area contributed by atoms with Crippen LogP contribution in [0.15, 0.2) is 40.6 Å². The first kappa shape index (κ1) is 22.0. The summed E-state index contributed by atoms with van der Waals surface area (Å²) in [5.41, 5.74) is 1.79. The summed E-state index contributed by atoms with van der Waals surface area (Å²) in [7, 11) is -3.57. The second-order valence-electron chi connectivity index (χ2n) is 8.44. The summed E-state index contributed by atoms with van der Waals surface area (Å²) in [6, 6.07) is 11.0. The summed E-state index contributed by atoms with van der Waals surface area (Å²) in [5, 5.41) is 3.13. The number of para-hydroxylation sites is 2. The van der Waals surface area contributed by atoms with Gasteiger partial charge in [-0.2, -0.15) is 4.31 Å². The largest absolute Gasteiger partial charge is 0.346 e. The lowest BCUT2D eigenvalue weighted by Crippen LogP contribution is -2.46. The number of hydrogen-bond donors (Lipinski definition) is 2. The van der Waals surface area contributed by atoms with Crippen molar-refractivity contribution in [1.29, 1.82) is 0 Å². The van der Waals surface area contributed by atoms with Crippen molar-refractivity contribution in [3.05, 3.63) is 47.1 Å². The second kappa shape index (κ2) is 8.72. The Bertz CT molecular complexity index is 1150. The zero-order valence-corrected chi connectivity index (χ0v) is 19.6. The molecule has 31 heavy (non-hydrogen) atoms. The average Bonchev–Trinajstić information content (AvgIpc) is 3.38. The number of hydrogen-bond acceptors (Lipinski definition) is 5. The molecule has 3 heterocycles. The van der Waals surface area contributed by atoms with E-state index in [-0.39, 0.29) is 30.3 Å². The maximum Gasteiger partial charge on any atom is 0.252 e. The predicted molar refractivity (Wildman–Crippen MR) is 122 cm³/mol. The van der Waals surface area contributed by atoms with Crippen LogP contribution in [0.2, 0.25) is 0 Å². The van der Waals surface area contributed by atoms with Crippen molar-refractivity contribution >= 4 is 38.3 Å². The minimum atomic E-state index is -3.57. The van der Waals surface area contributed by atoms with E-state index in [9.17, 15) is 13.2 Å². The fraction of sp³-hybridized carbons (Fsp3) is 0.455. The molecule has 166 valence electrons. The first-order chi connectivity index (χ1) is 14.8. The van der Waals surface area contributed by atoms with Gasteiger partial charge in [-0.05, 0) is 49.9 Å². The summed E-state index contributed by atoms with van der Waals surface area (Å²) in [5.74, 6) is 0.345. The molecule has 3 aromatic rings. The zero-order chi connectivity index (χ0) is 22.2. The number of aromatic nitrogens is 2. The van der Waals surface area contributed by atoms with Gasteiger partial charge in [0.2, 0.25) is 5.91 Å². The van der Waals surface area contributed by atoms with Crippen LogP contribution in [0.1, 0.15) is 43.4 Å². The third-order valence-electron chi connectivity index (χ3n) is 5.73. The lowest BCUT2D eigenvalue weighted by Gasteiger charge is -2.32. The summed E-state index contributed by atoms with van der Waals surface area (Å²) in [6.07, 6.45) is 1.34. The van der Waals surface area contributed by atoms with Crippen molar-refractivity contribution < 1.29 is 13.2 Å². The van der Waals surface area contributed by atoms with Gasteiger partial charge in [-0.15, -0.1) is 11.3 Å². The van der Waals surface area contributed by atoms with E-state index in [0.717, 1.165) is 21.7 Å². The molecule has 1 amide bonds. The highest BCUT2D eigenvalue weighted by atomic mass is 32.2. The van der Waals surface area contributed by atoms with E-state index in [2.05, 4.69) is 15.3 Å². The van der Waals surface area contributed by atoms with Crippen LogP contribution in [0.5, 0.6) is 0 Å². The van der Waals surface area contributed by atoms with Crippen LogP contribution < -0.4 is 5.32 Å². The maximum absolute atomic E-state index is 13.1. The molecule has 2 aromatic heterocycles. The van der Waals surface area contributed by atoms with E-state index in [1.54, 1.807) is 6.07 Å². The van der Waals surface area contributed by atoms with Crippen molar-refractivity contribution in [3.8, 4) is 0 Å². The van der Waals surface area contributed by atoms with Gasteiger partial charge in [0.25, 0.3) is 10.0 Å². The maximum atomic E-state index is 13.1. The fourth-order valence-electron chi connectivity index (χ4n) is 3.99. The Morgan fingerprint density at radius 3 is 2.71 bits per heavy atom. The van der Waals surface area contributed by atoms with Crippen molar-refractivity contribution in [1.82, 2.24) is 19.6 Å². The Labute approximate surface area is 186 Å². The van der Waals surface area contributed by atoms with Gasteiger partial charge >= 0.3 is 0 Å². The highest BCUT2D eigenvalue weighted by Crippen LogP contribution is 2.29. The quantitative estimate of drug-likeness (QED) is 0.584. The molecule has 0 radical (unpaired) electrons. The topological polar surface area (TPSA) is 95.2 Å². The molecule has 1 fully saturated rings. The predicted octanol–water partition coefficient (Wildman–Crippen LogP) is 3.85. The van der Waals surface area contributed by atoms with Gasteiger partial charge in [0.15, 0.2) is 0 Å². The molecule has 2 unspecified atom stereocenters. The number of H-pyrrole nitrogens is 1. The van der Waals surface area contributed by atoms with Crippen LogP contribution in [0.3, 0.4) is 0 Å². The van der Waals surface area contributed by atoms with Gasteiger partial charge in [0, 0.05) is 18.0 Å². The Kier molecular flexibility index (Phi) is 6.18. The molecule has 0 aliphatic carbocycles. The van der Waals surface area contributed by atoms with Crippen molar-refractivity contribution in [2.24, 2.45) is 11.8 Å². The van der Waals surface area contributed by atoms with E-state index in [1.165, 1.54) is 15.6 Å². The van der Waals surface area contributed by atoms with Crippen LogP contribution in [0, 0.1) is 18.8 Å². The molecule has 0 spiro atoms. The number of piperidine rings is 1. The number of nitrogens with one attached hydrogen (secondary N) is 2. The highest BCUT2D eigenvalue weighted by Gasteiger charge is 2.35. The molecule has 9 heteroatoms. The molecule has 1 aliphatic rings. The Morgan fingerprint density at radius 2 is 2.03 bits per heavy atom. The number of imidazole rings is 1. The van der Waals surface area contributed by atoms with Gasteiger partial charge in [-0.25, -0.2) is 13.4 Å². The Balaban J connectivity index is 1.50. The summed E-state index contributed by atoms with van der Waals surface area (Å²) >= 11 is 1.27. The first-order valence-corrected chi connectivity index (χ1v) is 12.8. The summed E-state index contributed by atoms with van der Waals surface area (Å²) < 4.78 is 27.8. The number of sulfonamides is 1. The SMILES string of the molecule is Cc1ccc(S(=O)(=O)N2CCCC(C(=O)NC(c3nc4ccccc4[nH]3)C(C)C)C2)s1. The number of benzene rings is 1. The van der Waals surface area contributed by atoms with E-state index in [4.69, 9.17) is 0 Å². The molecule has 1 saturated heterocycles. The van der Waals surface area contributed by atoms with Crippen molar-refractivity contribution in [2.75, 3.05) is 13.1 Å². The van der Waals surface area contributed by atoms with E-state index < -0.39 is 10.0 Å². The number of aryl methyl sites for hydroxylation is 1. The normalized spacial score (nSPS) is 19.0. The van der Waals surface area contributed by atoms with Gasteiger partial charge in [-0.3, -0.25) is 4.79 Å².